The maximum Gasteiger partial charge on any atom is 0.256 e. The first-order valence-electron chi connectivity index (χ1n) is 10.2. The Hall–Kier alpha value is -3.75. The summed E-state index contributed by atoms with van der Waals surface area (Å²) in [5.74, 6) is -5.24. The van der Waals surface area contributed by atoms with Gasteiger partial charge in [-0.1, -0.05) is 0 Å². The lowest BCUT2D eigenvalue weighted by atomic mass is 9.64. The highest BCUT2D eigenvalue weighted by molar-refractivity contribution is 6.22. The molecular weight excluding hydrogens is 414 g/mol. The molecule has 0 aliphatic heterocycles. The summed E-state index contributed by atoms with van der Waals surface area (Å²) in [4.78, 5) is 42.3. The Morgan fingerprint density at radius 3 is 2.06 bits per heavy atom. The van der Waals surface area contributed by atoms with E-state index >= 15 is 0 Å². The number of hydrogen-bond acceptors (Lipinski definition) is 8. The van der Waals surface area contributed by atoms with E-state index in [1.54, 1.807) is 25.1 Å². The van der Waals surface area contributed by atoms with Gasteiger partial charge in [0.1, 0.15) is 17.1 Å². The number of aromatic hydroxyl groups is 3. The quantitative estimate of drug-likeness (QED) is 0.526. The lowest BCUT2D eigenvalue weighted by molar-refractivity contribution is 0.0715. The van der Waals surface area contributed by atoms with Gasteiger partial charge < -0.3 is 30.9 Å². The third-order valence-corrected chi connectivity index (χ3v) is 6.43. The van der Waals surface area contributed by atoms with Gasteiger partial charge in [0.25, 0.3) is 5.91 Å². The number of fused-ring (bicyclic) bond motifs is 3. The van der Waals surface area contributed by atoms with Crippen LogP contribution >= 0.6 is 0 Å². The van der Waals surface area contributed by atoms with E-state index in [9.17, 15) is 29.7 Å². The first-order valence-corrected chi connectivity index (χ1v) is 10.2. The summed E-state index contributed by atoms with van der Waals surface area (Å²) in [5, 5.41) is 31.9. The van der Waals surface area contributed by atoms with Crippen LogP contribution in [0.25, 0.3) is 0 Å². The number of Topliss-reactive ketones (excluding diaryl/α,β-unsaturated/α-hetero) is 2. The number of anilines is 2. The fourth-order valence-electron chi connectivity index (χ4n) is 5.15. The SMILES string of the molecule is CN(C)c1ccc(O)c2c1C[C@H]1Cc3c(c(O)c(C(N)=O)c(O)c3N(C)C)C(=O)C1C2=O. The molecule has 9 nitrogen and oxygen atoms in total. The van der Waals surface area contributed by atoms with Crippen molar-refractivity contribution >= 4 is 28.8 Å². The lowest BCUT2D eigenvalue weighted by Gasteiger charge is -2.38. The van der Waals surface area contributed by atoms with Crippen LogP contribution in [-0.4, -0.2) is 61.0 Å². The van der Waals surface area contributed by atoms with E-state index in [0.717, 1.165) is 5.69 Å². The topological polar surface area (TPSA) is 144 Å². The van der Waals surface area contributed by atoms with E-state index in [-0.39, 0.29) is 29.0 Å². The van der Waals surface area contributed by atoms with E-state index in [4.69, 9.17) is 5.73 Å². The molecule has 9 heteroatoms. The normalized spacial score (nSPS) is 19.1. The Kier molecular flexibility index (Phi) is 4.80. The van der Waals surface area contributed by atoms with Crippen molar-refractivity contribution in [2.45, 2.75) is 12.8 Å². The number of amides is 1. The highest BCUT2D eigenvalue weighted by Gasteiger charge is 2.49. The van der Waals surface area contributed by atoms with Crippen LogP contribution in [0.4, 0.5) is 11.4 Å². The second-order valence-corrected chi connectivity index (χ2v) is 8.76. The van der Waals surface area contributed by atoms with Crippen LogP contribution in [0.3, 0.4) is 0 Å². The third kappa shape index (κ3) is 2.80. The van der Waals surface area contributed by atoms with Crippen molar-refractivity contribution in [2.75, 3.05) is 38.0 Å². The van der Waals surface area contributed by atoms with Gasteiger partial charge in [0, 0.05) is 33.9 Å². The molecule has 5 N–H and O–H groups in total. The zero-order valence-corrected chi connectivity index (χ0v) is 18.3. The largest absolute Gasteiger partial charge is 0.507 e. The minimum Gasteiger partial charge on any atom is -0.507 e. The first kappa shape index (κ1) is 21.5. The number of carbonyl (C=O) groups is 3. The van der Waals surface area contributed by atoms with Crippen molar-refractivity contribution in [1.82, 2.24) is 0 Å². The van der Waals surface area contributed by atoms with Crippen molar-refractivity contribution in [2.24, 2.45) is 17.6 Å². The van der Waals surface area contributed by atoms with Gasteiger partial charge in [-0.05, 0) is 42.0 Å². The maximum absolute atomic E-state index is 13.6. The molecule has 32 heavy (non-hydrogen) atoms. The molecule has 168 valence electrons. The highest BCUT2D eigenvalue weighted by Crippen LogP contribution is 2.51. The average molecular weight is 439 g/mol. The molecule has 4 rings (SSSR count). The zero-order valence-electron chi connectivity index (χ0n) is 18.3. The molecule has 1 amide bonds. The molecule has 0 heterocycles. The van der Waals surface area contributed by atoms with Crippen molar-refractivity contribution in [3.05, 3.63) is 39.9 Å². The summed E-state index contributed by atoms with van der Waals surface area (Å²) in [6, 6.07) is 3.15. The van der Waals surface area contributed by atoms with Crippen molar-refractivity contribution in [1.29, 1.82) is 0 Å². The summed E-state index contributed by atoms with van der Waals surface area (Å²) in [5.41, 5.74) is 6.73. The number of rotatable bonds is 3. The Bertz CT molecular complexity index is 1200. The molecule has 0 fully saturated rings. The Morgan fingerprint density at radius 1 is 0.906 bits per heavy atom. The van der Waals surface area contributed by atoms with Crippen molar-refractivity contribution in [3.63, 3.8) is 0 Å². The minimum atomic E-state index is -1.12. The number of nitrogens with zero attached hydrogens (tertiary/aromatic N) is 2. The first-order chi connectivity index (χ1) is 15.0. The second-order valence-electron chi connectivity index (χ2n) is 8.76. The molecule has 2 aromatic rings. The molecule has 0 bridgehead atoms. The monoisotopic (exact) mass is 439 g/mol. The molecular formula is C23H25N3O6. The van der Waals surface area contributed by atoms with Crippen molar-refractivity contribution in [3.8, 4) is 17.2 Å². The molecule has 0 radical (unpaired) electrons. The molecule has 0 saturated heterocycles. The third-order valence-electron chi connectivity index (χ3n) is 6.43. The maximum atomic E-state index is 13.6. The van der Waals surface area contributed by atoms with E-state index in [1.807, 2.05) is 19.0 Å². The lowest BCUT2D eigenvalue weighted by Crippen LogP contribution is -2.43. The van der Waals surface area contributed by atoms with Gasteiger partial charge in [0.15, 0.2) is 17.3 Å². The zero-order chi connectivity index (χ0) is 23.6. The van der Waals surface area contributed by atoms with E-state index in [0.29, 0.717) is 17.5 Å². The average Bonchev–Trinajstić information content (AvgIpc) is 2.66. The highest BCUT2D eigenvalue weighted by atomic mass is 16.3. The van der Waals surface area contributed by atoms with Gasteiger partial charge in [-0.3, -0.25) is 14.4 Å². The fraction of sp³-hybridized carbons (Fsp3) is 0.348. The molecule has 0 saturated carbocycles. The van der Waals surface area contributed by atoms with Gasteiger partial charge in [0.2, 0.25) is 0 Å². The Balaban J connectivity index is 1.97. The smallest absolute Gasteiger partial charge is 0.256 e. The van der Waals surface area contributed by atoms with Gasteiger partial charge >= 0.3 is 0 Å². The number of benzene rings is 2. The van der Waals surface area contributed by atoms with Crippen molar-refractivity contribution < 1.29 is 29.7 Å². The van der Waals surface area contributed by atoms with Crippen LogP contribution < -0.4 is 15.5 Å². The van der Waals surface area contributed by atoms with E-state index < -0.39 is 46.4 Å². The van der Waals surface area contributed by atoms with E-state index in [1.165, 1.54) is 6.07 Å². The molecule has 2 atom stereocenters. The number of nitrogens with two attached hydrogens (primary N) is 1. The summed E-state index contributed by atoms with van der Waals surface area (Å²) in [6.45, 7) is 0. The number of hydrogen-bond donors (Lipinski definition) is 4. The number of primary amides is 1. The molecule has 0 aromatic heterocycles. The van der Waals surface area contributed by atoms with Gasteiger partial charge in [0.05, 0.1) is 22.7 Å². The number of phenols is 3. The molecule has 2 aromatic carbocycles. The number of carbonyl (C=O) groups excluding carboxylic acids is 3. The van der Waals surface area contributed by atoms with Crippen LogP contribution in [-0.2, 0) is 12.8 Å². The summed E-state index contributed by atoms with van der Waals surface area (Å²) in [6.07, 6.45) is 0.567. The number of ketones is 2. The second kappa shape index (κ2) is 7.15. The Labute approximate surface area is 184 Å². The fourth-order valence-corrected chi connectivity index (χ4v) is 5.15. The molecule has 0 spiro atoms. The predicted molar refractivity (Wildman–Crippen MR) is 118 cm³/mol. The van der Waals surface area contributed by atoms with E-state index in [2.05, 4.69) is 0 Å². The summed E-state index contributed by atoms with van der Waals surface area (Å²) in [7, 11) is 6.93. The van der Waals surface area contributed by atoms with Crippen LogP contribution in [0, 0.1) is 11.8 Å². The predicted octanol–water partition coefficient (Wildman–Crippen LogP) is 1.44. The van der Waals surface area contributed by atoms with Crippen LogP contribution in [0.15, 0.2) is 12.1 Å². The van der Waals surface area contributed by atoms with Gasteiger partial charge in [-0.15, -0.1) is 0 Å². The Morgan fingerprint density at radius 2 is 1.50 bits per heavy atom. The van der Waals surface area contributed by atoms with Crippen LogP contribution in [0.2, 0.25) is 0 Å². The summed E-state index contributed by atoms with van der Waals surface area (Å²) >= 11 is 0. The van der Waals surface area contributed by atoms with Crippen LogP contribution in [0.5, 0.6) is 17.2 Å². The standard InChI is InChI=1S/C23H25N3O6/c1-25(2)12-5-6-13(27)15-10(12)7-9-8-11-16(20(29)14(9)19(15)28)21(30)17(23(24)32)22(31)18(11)26(3)4/h5-6,9,14,27,30-31H,7-8H2,1-4H3,(H2,24,32)/t9-,14?/m0/s1. The minimum absolute atomic E-state index is 0.107. The van der Waals surface area contributed by atoms with Gasteiger partial charge in [-0.2, -0.15) is 0 Å². The molecule has 2 aliphatic carbocycles. The van der Waals surface area contributed by atoms with Gasteiger partial charge in [-0.25, -0.2) is 0 Å². The van der Waals surface area contributed by atoms with Crippen LogP contribution in [0.1, 0.15) is 42.2 Å². The molecule has 2 aliphatic rings. The summed E-state index contributed by atoms with van der Waals surface area (Å²) < 4.78 is 0. The number of phenolic OH excluding ortho intramolecular Hbond substituents is 1. The molecule has 1 unspecified atom stereocenters.